The molecule has 0 spiro atoms. The standard InChI is InChI=1S/C12H14Br2I2O2/c13-3-1-5-17-11-7-10(16)12(8-9(11)15)18-6-2-4-14/h7-8H,1-6H2. The van der Waals surface area contributed by atoms with Crippen LogP contribution in [-0.4, -0.2) is 23.9 Å². The summed E-state index contributed by atoms with van der Waals surface area (Å²) in [4.78, 5) is 0. The average molecular weight is 604 g/mol. The Hall–Kier alpha value is 1.24. The SMILES string of the molecule is BrCCCOc1cc(I)c(OCCCBr)cc1I. The van der Waals surface area contributed by atoms with Gasteiger partial charge in [0.15, 0.2) is 0 Å². The van der Waals surface area contributed by atoms with E-state index in [4.69, 9.17) is 9.47 Å². The minimum atomic E-state index is 0.737. The van der Waals surface area contributed by atoms with Crippen LogP contribution in [0.4, 0.5) is 0 Å². The summed E-state index contributed by atoms with van der Waals surface area (Å²) in [5.41, 5.74) is 0. The molecule has 0 saturated carbocycles. The molecule has 0 aliphatic rings. The Morgan fingerprint density at radius 1 is 0.833 bits per heavy atom. The summed E-state index contributed by atoms with van der Waals surface area (Å²) in [6.07, 6.45) is 2.02. The normalized spacial score (nSPS) is 10.4. The molecule has 0 unspecified atom stereocenters. The number of halogens is 4. The third-order valence-electron chi connectivity index (χ3n) is 2.06. The summed E-state index contributed by atoms with van der Waals surface area (Å²) in [5, 5.41) is 1.93. The van der Waals surface area contributed by atoms with E-state index >= 15 is 0 Å². The van der Waals surface area contributed by atoms with Crippen molar-refractivity contribution in [3.05, 3.63) is 19.3 Å². The van der Waals surface area contributed by atoms with Crippen LogP contribution in [-0.2, 0) is 0 Å². The molecule has 6 heteroatoms. The first-order valence-electron chi connectivity index (χ1n) is 5.55. The Labute approximate surface area is 152 Å². The van der Waals surface area contributed by atoms with Gasteiger partial charge in [0, 0.05) is 10.7 Å². The van der Waals surface area contributed by atoms with E-state index in [9.17, 15) is 0 Å². The summed E-state index contributed by atoms with van der Waals surface area (Å²) in [5.74, 6) is 1.88. The second-order valence-corrected chi connectivity index (χ2v) is 7.41. The molecule has 0 saturated heterocycles. The van der Waals surface area contributed by atoms with Crippen LogP contribution in [0.15, 0.2) is 12.1 Å². The van der Waals surface area contributed by atoms with Gasteiger partial charge in [-0.3, -0.25) is 0 Å². The number of hydrogen-bond donors (Lipinski definition) is 0. The zero-order valence-corrected chi connectivity index (χ0v) is 17.2. The average Bonchev–Trinajstić information content (AvgIpc) is 2.35. The molecular formula is C12H14Br2I2O2. The lowest BCUT2D eigenvalue weighted by atomic mass is 10.3. The zero-order valence-electron chi connectivity index (χ0n) is 9.73. The fourth-order valence-corrected chi connectivity index (χ4v) is 2.85. The van der Waals surface area contributed by atoms with Gasteiger partial charge in [0.2, 0.25) is 0 Å². The fraction of sp³-hybridized carbons (Fsp3) is 0.500. The summed E-state index contributed by atoms with van der Waals surface area (Å²) < 4.78 is 13.7. The van der Waals surface area contributed by atoms with Crippen molar-refractivity contribution in [3.8, 4) is 11.5 Å². The molecule has 0 bridgehead atoms. The molecule has 1 aromatic rings. The van der Waals surface area contributed by atoms with Crippen molar-refractivity contribution in [1.29, 1.82) is 0 Å². The smallest absolute Gasteiger partial charge is 0.133 e. The van der Waals surface area contributed by atoms with Gasteiger partial charge in [0.25, 0.3) is 0 Å². The Kier molecular flexibility index (Phi) is 9.64. The number of ether oxygens (including phenoxy) is 2. The molecule has 0 amide bonds. The van der Waals surface area contributed by atoms with Gasteiger partial charge < -0.3 is 9.47 Å². The maximum absolute atomic E-state index is 5.73. The van der Waals surface area contributed by atoms with Crippen molar-refractivity contribution in [1.82, 2.24) is 0 Å². The molecule has 0 aromatic heterocycles. The third kappa shape index (κ3) is 6.13. The van der Waals surface area contributed by atoms with Crippen LogP contribution in [0, 0.1) is 7.14 Å². The fourth-order valence-electron chi connectivity index (χ4n) is 1.20. The van der Waals surface area contributed by atoms with Gasteiger partial charge >= 0.3 is 0 Å². The van der Waals surface area contributed by atoms with Gasteiger partial charge in [-0.15, -0.1) is 0 Å². The van der Waals surface area contributed by atoms with Crippen LogP contribution in [0.25, 0.3) is 0 Å². The lowest BCUT2D eigenvalue weighted by molar-refractivity contribution is 0.306. The Morgan fingerprint density at radius 3 is 1.56 bits per heavy atom. The first kappa shape index (κ1) is 17.3. The first-order valence-corrected chi connectivity index (χ1v) is 9.95. The summed E-state index contributed by atoms with van der Waals surface area (Å²) in [6, 6.07) is 4.08. The number of alkyl halides is 2. The van der Waals surface area contributed by atoms with E-state index in [2.05, 4.69) is 77.0 Å². The molecule has 0 fully saturated rings. The second-order valence-electron chi connectivity index (χ2n) is 3.50. The predicted octanol–water partition coefficient (Wildman–Crippen LogP) is 5.22. The van der Waals surface area contributed by atoms with Crippen LogP contribution in [0.1, 0.15) is 12.8 Å². The largest absolute Gasteiger partial charge is 0.492 e. The van der Waals surface area contributed by atoms with E-state index in [1.807, 2.05) is 12.1 Å². The van der Waals surface area contributed by atoms with E-state index in [1.165, 1.54) is 0 Å². The maximum atomic E-state index is 5.73. The molecule has 102 valence electrons. The quantitative estimate of drug-likeness (QED) is 0.231. The van der Waals surface area contributed by atoms with Crippen LogP contribution in [0.3, 0.4) is 0 Å². The number of hydrogen-bond acceptors (Lipinski definition) is 2. The van der Waals surface area contributed by atoms with Crippen molar-refractivity contribution < 1.29 is 9.47 Å². The van der Waals surface area contributed by atoms with Crippen LogP contribution >= 0.6 is 77.0 Å². The first-order chi connectivity index (χ1) is 8.69. The van der Waals surface area contributed by atoms with Gasteiger partial charge in [-0.1, -0.05) is 31.9 Å². The third-order valence-corrected chi connectivity index (χ3v) is 4.86. The highest BCUT2D eigenvalue weighted by molar-refractivity contribution is 14.1. The van der Waals surface area contributed by atoms with Crippen LogP contribution < -0.4 is 9.47 Å². The van der Waals surface area contributed by atoms with Crippen molar-refractivity contribution in [2.24, 2.45) is 0 Å². The Morgan fingerprint density at radius 2 is 1.22 bits per heavy atom. The predicted molar refractivity (Wildman–Crippen MR) is 99.7 cm³/mol. The zero-order chi connectivity index (χ0) is 13.4. The highest BCUT2D eigenvalue weighted by atomic mass is 127. The van der Waals surface area contributed by atoms with Crippen molar-refractivity contribution >= 4 is 77.0 Å². The summed E-state index contributed by atoms with van der Waals surface area (Å²) in [7, 11) is 0. The van der Waals surface area contributed by atoms with Gasteiger partial charge in [-0.2, -0.15) is 0 Å². The van der Waals surface area contributed by atoms with Crippen LogP contribution in [0.2, 0.25) is 0 Å². The molecule has 0 atom stereocenters. The second kappa shape index (κ2) is 10.0. The van der Waals surface area contributed by atoms with E-state index < -0.39 is 0 Å². The highest BCUT2D eigenvalue weighted by Crippen LogP contribution is 2.31. The number of benzene rings is 1. The molecule has 0 radical (unpaired) electrons. The van der Waals surface area contributed by atoms with Gasteiger partial charge in [0.1, 0.15) is 11.5 Å². The van der Waals surface area contributed by atoms with E-state index in [1.54, 1.807) is 0 Å². The minimum absolute atomic E-state index is 0.737. The van der Waals surface area contributed by atoms with Gasteiger partial charge in [-0.25, -0.2) is 0 Å². The molecular weight excluding hydrogens is 590 g/mol. The molecule has 0 N–H and O–H groups in total. The lowest BCUT2D eigenvalue weighted by Gasteiger charge is -2.12. The number of rotatable bonds is 8. The molecule has 0 heterocycles. The van der Waals surface area contributed by atoms with E-state index in [-0.39, 0.29) is 0 Å². The van der Waals surface area contributed by atoms with Crippen molar-refractivity contribution in [3.63, 3.8) is 0 Å². The van der Waals surface area contributed by atoms with E-state index in [0.717, 1.165) is 55.4 Å². The monoisotopic (exact) mass is 602 g/mol. The van der Waals surface area contributed by atoms with Crippen molar-refractivity contribution in [2.75, 3.05) is 23.9 Å². The minimum Gasteiger partial charge on any atom is -0.492 e. The molecule has 1 rings (SSSR count). The van der Waals surface area contributed by atoms with Gasteiger partial charge in [0.05, 0.1) is 20.4 Å². The molecule has 2 nitrogen and oxygen atoms in total. The summed E-state index contributed by atoms with van der Waals surface area (Å²) in [6.45, 7) is 1.47. The van der Waals surface area contributed by atoms with E-state index in [0.29, 0.717) is 0 Å². The lowest BCUT2D eigenvalue weighted by Crippen LogP contribution is -2.03. The highest BCUT2D eigenvalue weighted by Gasteiger charge is 2.08. The molecule has 1 aromatic carbocycles. The Bertz CT molecular complexity index is 340. The molecule has 0 aliphatic carbocycles. The molecule has 18 heavy (non-hydrogen) atoms. The summed E-state index contributed by atoms with van der Waals surface area (Å²) >= 11 is 11.4. The van der Waals surface area contributed by atoms with Crippen LogP contribution in [0.5, 0.6) is 11.5 Å². The van der Waals surface area contributed by atoms with Crippen molar-refractivity contribution in [2.45, 2.75) is 12.8 Å². The topological polar surface area (TPSA) is 18.5 Å². The maximum Gasteiger partial charge on any atom is 0.133 e. The van der Waals surface area contributed by atoms with Gasteiger partial charge in [-0.05, 0) is 70.2 Å². The molecule has 0 aliphatic heterocycles. The Balaban J connectivity index is 2.64.